The summed E-state index contributed by atoms with van der Waals surface area (Å²) in [6, 6.07) is 15.3. The predicted molar refractivity (Wildman–Crippen MR) is 117 cm³/mol. The lowest BCUT2D eigenvalue weighted by Crippen LogP contribution is -2.33. The van der Waals surface area contributed by atoms with Crippen LogP contribution >= 0.6 is 22.1 Å². The summed E-state index contributed by atoms with van der Waals surface area (Å²) in [5.41, 5.74) is 1.52. The van der Waals surface area contributed by atoms with Crippen molar-refractivity contribution in [3.63, 3.8) is 0 Å². The Morgan fingerprint density at radius 3 is 2.77 bits per heavy atom. The molecule has 0 bridgehead atoms. The Morgan fingerprint density at radius 2 is 1.97 bits per heavy atom. The molecule has 0 saturated heterocycles. The number of amides is 2. The van der Waals surface area contributed by atoms with Crippen molar-refractivity contribution in [3.8, 4) is 11.5 Å². The smallest absolute Gasteiger partial charge is 0.455 e. The molecular formula is C21H13ClN3O4S+. The molecule has 148 valence electrons. The number of carboxylic acid groups (broad SMARTS) is 1. The number of para-hydroxylation sites is 2. The van der Waals surface area contributed by atoms with Crippen LogP contribution < -0.4 is 15.0 Å². The highest BCUT2D eigenvalue weighted by atomic mass is 35.5. The van der Waals surface area contributed by atoms with E-state index in [2.05, 4.69) is 10.3 Å². The maximum atomic E-state index is 13.0. The van der Waals surface area contributed by atoms with Gasteiger partial charge in [0.25, 0.3) is 4.83 Å². The average Bonchev–Trinajstić information content (AvgIpc) is 3.09. The Kier molecular flexibility index (Phi) is 4.30. The maximum absolute atomic E-state index is 13.0. The molecule has 5 rings (SSSR count). The number of aromatic nitrogens is 1. The zero-order valence-electron chi connectivity index (χ0n) is 15.2. The number of nitrogens with zero attached hydrogens (tertiary/aromatic N) is 2. The molecule has 2 amide bonds. The number of pyridine rings is 1. The van der Waals surface area contributed by atoms with Gasteiger partial charge in [0.15, 0.2) is 11.1 Å². The molecule has 0 spiro atoms. The zero-order chi connectivity index (χ0) is 20.8. The number of ether oxygens (including phenoxy) is 1. The summed E-state index contributed by atoms with van der Waals surface area (Å²) in [5.74, 6) is 0.975. The topological polar surface area (TPSA) is 91.8 Å². The van der Waals surface area contributed by atoms with E-state index in [9.17, 15) is 14.7 Å². The fraction of sp³-hybridized carbons (Fsp3) is 0. The molecule has 9 heteroatoms. The summed E-state index contributed by atoms with van der Waals surface area (Å²) in [4.78, 5) is 30.8. The van der Waals surface area contributed by atoms with Crippen molar-refractivity contribution in [2.24, 2.45) is 0 Å². The molecule has 1 aliphatic heterocycles. The minimum absolute atomic E-state index is 0.413. The third kappa shape index (κ3) is 2.94. The van der Waals surface area contributed by atoms with Crippen LogP contribution in [0.25, 0.3) is 10.2 Å². The number of anilines is 3. The van der Waals surface area contributed by atoms with E-state index in [1.165, 1.54) is 16.5 Å². The SMILES string of the molecule is O=C1Nc2c[s+](C(=O)O)c3nccc(c23)N1c1ccccc1Oc1cccc(Cl)c1. The second-order valence-electron chi connectivity index (χ2n) is 6.44. The van der Waals surface area contributed by atoms with E-state index in [0.717, 1.165) is 0 Å². The van der Waals surface area contributed by atoms with Gasteiger partial charge in [0, 0.05) is 11.2 Å². The third-order valence-corrected chi connectivity index (χ3v) is 6.42. The summed E-state index contributed by atoms with van der Waals surface area (Å²) in [5, 5.41) is 14.0. The largest absolute Gasteiger partial charge is 0.554 e. The van der Waals surface area contributed by atoms with Crippen molar-refractivity contribution in [1.82, 2.24) is 4.98 Å². The molecule has 7 nitrogen and oxygen atoms in total. The molecule has 0 fully saturated rings. The van der Waals surface area contributed by atoms with Gasteiger partial charge < -0.3 is 15.2 Å². The first-order chi connectivity index (χ1) is 14.5. The van der Waals surface area contributed by atoms with Crippen molar-refractivity contribution in [2.75, 3.05) is 10.2 Å². The molecule has 3 heterocycles. The van der Waals surface area contributed by atoms with Gasteiger partial charge in [-0.25, -0.2) is 9.78 Å². The number of halogens is 1. The number of hydrogen-bond donors (Lipinski definition) is 2. The molecule has 2 aromatic carbocycles. The normalized spacial score (nSPS) is 13.3. The molecule has 0 radical (unpaired) electrons. The van der Waals surface area contributed by atoms with Gasteiger partial charge in [-0.15, -0.1) is 0 Å². The Bertz CT molecular complexity index is 1340. The van der Waals surface area contributed by atoms with E-state index in [4.69, 9.17) is 16.3 Å². The summed E-state index contributed by atoms with van der Waals surface area (Å²) in [6.07, 6.45) is 1.51. The monoisotopic (exact) mass is 438 g/mol. The Balaban J connectivity index is 1.66. The van der Waals surface area contributed by atoms with Crippen LogP contribution in [-0.2, 0) is 0 Å². The third-order valence-electron chi connectivity index (χ3n) is 4.61. The molecular weight excluding hydrogens is 426 g/mol. The number of carbonyl (C=O) groups excluding carboxylic acids is 1. The average molecular weight is 439 g/mol. The number of rotatable bonds is 4. The summed E-state index contributed by atoms with van der Waals surface area (Å²) in [6.45, 7) is 0. The maximum Gasteiger partial charge on any atom is 0.554 e. The molecule has 2 aromatic heterocycles. The molecule has 1 unspecified atom stereocenters. The molecule has 4 aromatic rings. The lowest BCUT2D eigenvalue weighted by molar-refractivity contribution is 0.221. The van der Waals surface area contributed by atoms with E-state index >= 15 is 0 Å². The number of thiophene rings is 1. The van der Waals surface area contributed by atoms with Gasteiger partial charge in [-0.05, 0) is 36.4 Å². The standard InChI is InChI=1S/C21H12ClN3O4S/c22-12-4-3-5-13(10-12)29-17-7-2-1-6-15(17)25-16-8-9-23-19-18(16)14(24-20(25)26)11-30(19)21(27)28/h1-11H,(H-,24,26,27,28)/p+1. The van der Waals surface area contributed by atoms with E-state index in [1.54, 1.807) is 54.6 Å². The van der Waals surface area contributed by atoms with Crippen LogP contribution in [0.2, 0.25) is 5.02 Å². The molecule has 1 atom stereocenters. The minimum Gasteiger partial charge on any atom is -0.455 e. The molecule has 1 aliphatic rings. The van der Waals surface area contributed by atoms with Gasteiger partial charge in [0.05, 0.1) is 11.4 Å². The van der Waals surface area contributed by atoms with Crippen LogP contribution in [0.4, 0.5) is 26.7 Å². The highest BCUT2D eigenvalue weighted by Crippen LogP contribution is 2.48. The number of urea groups is 1. The first-order valence-electron chi connectivity index (χ1n) is 8.84. The summed E-state index contributed by atoms with van der Waals surface area (Å²) in [7, 11) is -1.22. The minimum atomic E-state index is -1.22. The molecule has 2 N–H and O–H groups in total. The second kappa shape index (κ2) is 7.01. The van der Waals surface area contributed by atoms with Crippen LogP contribution in [0.5, 0.6) is 11.5 Å². The Morgan fingerprint density at radius 1 is 1.13 bits per heavy atom. The Hall–Kier alpha value is -3.62. The van der Waals surface area contributed by atoms with Gasteiger partial charge in [-0.3, -0.25) is 4.90 Å². The number of hydrogen-bond acceptors (Lipinski definition) is 4. The first kappa shape index (κ1) is 18.4. The van der Waals surface area contributed by atoms with Crippen molar-refractivity contribution in [1.29, 1.82) is 0 Å². The molecule has 0 aliphatic carbocycles. The number of nitrogens with one attached hydrogen (secondary N) is 1. The lowest BCUT2D eigenvalue weighted by atomic mass is 10.1. The quantitative estimate of drug-likeness (QED) is 0.348. The molecule has 30 heavy (non-hydrogen) atoms. The number of benzene rings is 2. The van der Waals surface area contributed by atoms with Gasteiger partial charge in [-0.1, -0.05) is 29.8 Å². The van der Waals surface area contributed by atoms with Crippen LogP contribution in [-0.4, -0.2) is 21.4 Å². The van der Waals surface area contributed by atoms with E-state index < -0.39 is 21.8 Å². The molecule has 0 saturated carbocycles. The van der Waals surface area contributed by atoms with Crippen molar-refractivity contribution in [3.05, 3.63) is 71.2 Å². The van der Waals surface area contributed by atoms with Gasteiger partial charge >= 0.3 is 11.3 Å². The van der Waals surface area contributed by atoms with E-state index in [-0.39, 0.29) is 0 Å². The van der Waals surface area contributed by atoms with E-state index in [1.807, 2.05) is 0 Å². The fourth-order valence-electron chi connectivity index (χ4n) is 3.40. The van der Waals surface area contributed by atoms with E-state index in [0.29, 0.717) is 43.8 Å². The first-order valence-corrected chi connectivity index (χ1v) is 10.5. The van der Waals surface area contributed by atoms with Crippen molar-refractivity contribution in [2.45, 2.75) is 0 Å². The van der Waals surface area contributed by atoms with Crippen LogP contribution in [0.1, 0.15) is 0 Å². The van der Waals surface area contributed by atoms with Gasteiger partial charge in [0.2, 0.25) is 0 Å². The summed E-state index contributed by atoms with van der Waals surface area (Å²) >= 11 is 6.05. The van der Waals surface area contributed by atoms with Crippen molar-refractivity contribution < 1.29 is 19.4 Å². The van der Waals surface area contributed by atoms with Crippen molar-refractivity contribution >= 4 is 60.7 Å². The lowest BCUT2D eigenvalue weighted by Gasteiger charge is -2.28. The predicted octanol–water partition coefficient (Wildman–Crippen LogP) is 6.64. The van der Waals surface area contributed by atoms with Crippen LogP contribution in [0.3, 0.4) is 0 Å². The Labute approximate surface area is 178 Å². The van der Waals surface area contributed by atoms with Gasteiger partial charge in [0.1, 0.15) is 27.3 Å². The van der Waals surface area contributed by atoms with Crippen LogP contribution in [0.15, 0.2) is 66.2 Å². The fourth-order valence-corrected chi connectivity index (χ4v) is 4.98. The number of carbonyl (C=O) groups is 2. The second-order valence-corrected chi connectivity index (χ2v) is 8.52. The summed E-state index contributed by atoms with van der Waals surface area (Å²) < 4.78 is 6.01. The highest BCUT2D eigenvalue weighted by Gasteiger charge is 2.37. The van der Waals surface area contributed by atoms with Gasteiger partial charge in [-0.2, -0.15) is 4.79 Å². The zero-order valence-corrected chi connectivity index (χ0v) is 16.8. The highest BCUT2D eigenvalue weighted by molar-refractivity contribution is 7.54. The van der Waals surface area contributed by atoms with Crippen LogP contribution in [0, 0.1) is 0 Å².